The van der Waals surface area contributed by atoms with Gasteiger partial charge in [-0.1, -0.05) is 6.92 Å². The van der Waals surface area contributed by atoms with Gasteiger partial charge < -0.3 is 14.7 Å². The number of morpholine rings is 1. The molecule has 0 radical (unpaired) electrons. The predicted molar refractivity (Wildman–Crippen MR) is 71.7 cm³/mol. The maximum absolute atomic E-state index is 9.47. The first-order chi connectivity index (χ1) is 8.65. The molecule has 4 nitrogen and oxygen atoms in total. The lowest BCUT2D eigenvalue weighted by molar-refractivity contribution is 0.0298. The molecule has 2 unspecified atom stereocenters. The number of anilines is 1. The largest absolute Gasteiger partial charge is 0.392 e. The number of hydrogen-bond acceptors (Lipinski definition) is 4. The van der Waals surface area contributed by atoms with Crippen molar-refractivity contribution in [3.63, 3.8) is 0 Å². The van der Waals surface area contributed by atoms with E-state index < -0.39 is 0 Å². The maximum Gasteiger partial charge on any atom is 0.0723 e. The zero-order valence-corrected chi connectivity index (χ0v) is 11.4. The molecular weight excluding hydrogens is 228 g/mol. The van der Waals surface area contributed by atoms with Crippen LogP contribution >= 0.6 is 0 Å². The minimum absolute atomic E-state index is 0.0325. The number of aliphatic hydroxyl groups excluding tert-OH is 1. The second-order valence-corrected chi connectivity index (χ2v) is 4.97. The van der Waals surface area contributed by atoms with E-state index in [1.807, 2.05) is 6.92 Å². The van der Waals surface area contributed by atoms with E-state index in [0.717, 1.165) is 36.5 Å². The number of aryl methyl sites for hydroxylation is 1. The summed E-state index contributed by atoms with van der Waals surface area (Å²) < 4.78 is 5.72. The molecule has 100 valence electrons. The third-order valence-corrected chi connectivity index (χ3v) is 3.52. The summed E-state index contributed by atoms with van der Waals surface area (Å²) >= 11 is 0. The van der Waals surface area contributed by atoms with Gasteiger partial charge in [0.05, 0.1) is 25.4 Å². The molecule has 0 saturated carbocycles. The summed E-state index contributed by atoms with van der Waals surface area (Å²) in [5, 5.41) is 9.47. The third-order valence-electron chi connectivity index (χ3n) is 3.52. The van der Waals surface area contributed by atoms with Crippen LogP contribution in [0.4, 0.5) is 5.69 Å². The molecule has 1 saturated heterocycles. The second kappa shape index (κ2) is 5.67. The fraction of sp³-hybridized carbons (Fsp3) is 0.643. The monoisotopic (exact) mass is 250 g/mol. The Labute approximate surface area is 109 Å². The number of aliphatic hydroxyl groups is 1. The lowest BCUT2D eigenvalue weighted by Crippen LogP contribution is -2.49. The fourth-order valence-electron chi connectivity index (χ4n) is 2.44. The molecule has 0 aromatic carbocycles. The molecule has 0 amide bonds. The van der Waals surface area contributed by atoms with Gasteiger partial charge in [0.15, 0.2) is 0 Å². The van der Waals surface area contributed by atoms with Gasteiger partial charge in [0.2, 0.25) is 0 Å². The van der Waals surface area contributed by atoms with Crippen molar-refractivity contribution in [3.8, 4) is 0 Å². The molecule has 1 N–H and O–H groups in total. The van der Waals surface area contributed by atoms with Crippen molar-refractivity contribution in [3.05, 3.63) is 23.5 Å². The summed E-state index contributed by atoms with van der Waals surface area (Å²) in [4.78, 5) is 6.61. The predicted octanol–water partition coefficient (Wildman–Crippen LogP) is 1.89. The smallest absolute Gasteiger partial charge is 0.0723 e. The average molecular weight is 250 g/mol. The highest BCUT2D eigenvalue weighted by Gasteiger charge is 2.27. The standard InChI is InChI=1S/C14H22N2O2/c1-4-13-9-18-11(3)7-16(13)14-5-10(2)15-6-12(14)8-17/h5-6,11,13,17H,4,7-9H2,1-3H3. The summed E-state index contributed by atoms with van der Waals surface area (Å²) in [6.07, 6.45) is 3.05. The van der Waals surface area contributed by atoms with Gasteiger partial charge in [0.1, 0.15) is 0 Å². The van der Waals surface area contributed by atoms with E-state index in [-0.39, 0.29) is 12.7 Å². The zero-order chi connectivity index (χ0) is 13.1. The van der Waals surface area contributed by atoms with E-state index in [1.54, 1.807) is 6.20 Å². The molecule has 0 bridgehead atoms. The Morgan fingerprint density at radius 1 is 1.56 bits per heavy atom. The molecule has 0 aliphatic carbocycles. The van der Waals surface area contributed by atoms with Gasteiger partial charge in [-0.05, 0) is 26.3 Å². The Kier molecular flexibility index (Phi) is 4.19. The Bertz CT molecular complexity index is 409. The van der Waals surface area contributed by atoms with Crippen LogP contribution in [0.1, 0.15) is 31.5 Å². The van der Waals surface area contributed by atoms with Crippen molar-refractivity contribution < 1.29 is 9.84 Å². The highest BCUT2D eigenvalue weighted by atomic mass is 16.5. The summed E-state index contributed by atoms with van der Waals surface area (Å²) in [5.41, 5.74) is 2.98. The number of aromatic nitrogens is 1. The van der Waals surface area contributed by atoms with Crippen LogP contribution in [0.25, 0.3) is 0 Å². The topological polar surface area (TPSA) is 45.6 Å². The van der Waals surface area contributed by atoms with E-state index in [1.165, 1.54) is 0 Å². The van der Waals surface area contributed by atoms with Gasteiger partial charge in [0.25, 0.3) is 0 Å². The molecular formula is C14H22N2O2. The number of ether oxygens (including phenoxy) is 1. The number of nitrogens with zero attached hydrogens (tertiary/aromatic N) is 2. The Balaban J connectivity index is 2.34. The van der Waals surface area contributed by atoms with Crippen LogP contribution in [0.5, 0.6) is 0 Å². The van der Waals surface area contributed by atoms with Crippen molar-refractivity contribution in [1.29, 1.82) is 0 Å². The SMILES string of the molecule is CCC1COC(C)CN1c1cc(C)ncc1CO. The maximum atomic E-state index is 9.47. The average Bonchev–Trinajstić information content (AvgIpc) is 2.38. The van der Waals surface area contributed by atoms with E-state index in [4.69, 9.17) is 4.74 Å². The Hall–Kier alpha value is -1.13. The number of rotatable bonds is 3. The second-order valence-electron chi connectivity index (χ2n) is 4.97. The molecule has 0 spiro atoms. The number of hydrogen-bond donors (Lipinski definition) is 1. The van der Waals surface area contributed by atoms with Crippen LogP contribution in [-0.2, 0) is 11.3 Å². The summed E-state index contributed by atoms with van der Waals surface area (Å²) in [6.45, 7) is 7.90. The van der Waals surface area contributed by atoms with Crippen molar-refractivity contribution in [2.24, 2.45) is 0 Å². The van der Waals surface area contributed by atoms with Gasteiger partial charge >= 0.3 is 0 Å². The van der Waals surface area contributed by atoms with E-state index in [9.17, 15) is 5.11 Å². The lowest BCUT2D eigenvalue weighted by atomic mass is 10.1. The molecule has 2 heterocycles. The van der Waals surface area contributed by atoms with Crippen molar-refractivity contribution in [2.75, 3.05) is 18.1 Å². The normalized spacial score (nSPS) is 24.3. The van der Waals surface area contributed by atoms with Crippen LogP contribution in [0.15, 0.2) is 12.3 Å². The van der Waals surface area contributed by atoms with Gasteiger partial charge in [-0.25, -0.2) is 0 Å². The fourth-order valence-corrected chi connectivity index (χ4v) is 2.44. The Morgan fingerprint density at radius 3 is 3.00 bits per heavy atom. The van der Waals surface area contributed by atoms with Crippen molar-refractivity contribution in [2.45, 2.75) is 45.9 Å². The third kappa shape index (κ3) is 2.65. The summed E-state index contributed by atoms with van der Waals surface area (Å²) in [6, 6.07) is 2.44. The molecule has 1 fully saturated rings. The molecule has 18 heavy (non-hydrogen) atoms. The van der Waals surface area contributed by atoms with E-state index in [0.29, 0.717) is 6.04 Å². The van der Waals surface area contributed by atoms with Gasteiger partial charge in [0, 0.05) is 29.7 Å². The lowest BCUT2D eigenvalue weighted by Gasteiger charge is -2.40. The van der Waals surface area contributed by atoms with Gasteiger partial charge in [-0.3, -0.25) is 4.98 Å². The zero-order valence-electron chi connectivity index (χ0n) is 11.4. The minimum atomic E-state index is 0.0325. The first-order valence-electron chi connectivity index (χ1n) is 6.60. The molecule has 1 aromatic heterocycles. The van der Waals surface area contributed by atoms with Gasteiger partial charge in [-0.15, -0.1) is 0 Å². The van der Waals surface area contributed by atoms with Crippen LogP contribution in [0.2, 0.25) is 0 Å². The van der Waals surface area contributed by atoms with Gasteiger partial charge in [-0.2, -0.15) is 0 Å². The first kappa shape index (κ1) is 13.3. The minimum Gasteiger partial charge on any atom is -0.392 e. The summed E-state index contributed by atoms with van der Waals surface area (Å²) in [5.74, 6) is 0. The van der Waals surface area contributed by atoms with Crippen LogP contribution in [0, 0.1) is 6.92 Å². The highest BCUT2D eigenvalue weighted by molar-refractivity contribution is 5.54. The van der Waals surface area contributed by atoms with E-state index >= 15 is 0 Å². The highest BCUT2D eigenvalue weighted by Crippen LogP contribution is 2.27. The molecule has 2 atom stereocenters. The number of pyridine rings is 1. The van der Waals surface area contributed by atoms with Crippen molar-refractivity contribution >= 4 is 5.69 Å². The molecule has 1 aliphatic rings. The quantitative estimate of drug-likeness (QED) is 0.889. The van der Waals surface area contributed by atoms with Crippen LogP contribution in [-0.4, -0.2) is 35.4 Å². The first-order valence-corrected chi connectivity index (χ1v) is 6.60. The Morgan fingerprint density at radius 2 is 2.33 bits per heavy atom. The molecule has 2 rings (SSSR count). The van der Waals surface area contributed by atoms with Crippen molar-refractivity contribution in [1.82, 2.24) is 4.98 Å². The molecule has 1 aromatic rings. The van der Waals surface area contributed by atoms with E-state index in [2.05, 4.69) is 29.8 Å². The van der Waals surface area contributed by atoms with Crippen LogP contribution in [0.3, 0.4) is 0 Å². The molecule has 4 heteroatoms. The molecule has 1 aliphatic heterocycles. The van der Waals surface area contributed by atoms with Crippen LogP contribution < -0.4 is 4.90 Å². The summed E-state index contributed by atoms with van der Waals surface area (Å²) in [7, 11) is 0.